The second kappa shape index (κ2) is 7.09. The van der Waals surface area contributed by atoms with Gasteiger partial charge in [-0.2, -0.15) is 0 Å². The van der Waals surface area contributed by atoms with Crippen molar-refractivity contribution in [2.75, 3.05) is 11.5 Å². The molecular weight excluding hydrogens is 332 g/mol. The van der Waals surface area contributed by atoms with Crippen LogP contribution in [0.5, 0.6) is 0 Å². The van der Waals surface area contributed by atoms with Crippen LogP contribution < -0.4 is 10.6 Å². The van der Waals surface area contributed by atoms with E-state index < -0.39 is 12.0 Å². The molecule has 3 rings (SSSR count). The maximum atomic E-state index is 12.7. The predicted octanol–water partition coefficient (Wildman–Crippen LogP) is 2.23. The zero-order chi connectivity index (χ0) is 18.8. The van der Waals surface area contributed by atoms with Crippen molar-refractivity contribution in [3.05, 3.63) is 64.7 Å². The summed E-state index contributed by atoms with van der Waals surface area (Å²) in [6, 6.07) is 11.4. The molecule has 1 aliphatic heterocycles. The molecule has 0 aliphatic carbocycles. The van der Waals surface area contributed by atoms with Crippen LogP contribution in [0.4, 0.5) is 5.69 Å². The highest BCUT2D eigenvalue weighted by Gasteiger charge is 2.37. The number of hydrogen-bond donors (Lipinski definition) is 1. The van der Waals surface area contributed by atoms with Crippen LogP contribution in [0.2, 0.25) is 0 Å². The average molecular weight is 352 g/mol. The summed E-state index contributed by atoms with van der Waals surface area (Å²) in [6.07, 6.45) is 0.320. The van der Waals surface area contributed by atoms with Gasteiger partial charge in [-0.3, -0.25) is 14.4 Å². The van der Waals surface area contributed by atoms with Crippen molar-refractivity contribution in [3.63, 3.8) is 0 Å². The Bertz CT molecular complexity index is 874. The lowest BCUT2D eigenvalue weighted by Gasteiger charge is -2.15. The number of nitrogens with zero attached hydrogens (tertiary/aromatic N) is 1. The first kappa shape index (κ1) is 17.8. The fraction of sp³-hybridized carbons (Fsp3) is 0.250. The van der Waals surface area contributed by atoms with Gasteiger partial charge >= 0.3 is 5.97 Å². The molecule has 0 bridgehead atoms. The molecule has 6 nitrogen and oxygen atoms in total. The van der Waals surface area contributed by atoms with Crippen molar-refractivity contribution >= 4 is 23.5 Å². The molecule has 26 heavy (non-hydrogen) atoms. The maximum absolute atomic E-state index is 12.7. The number of aryl methyl sites for hydroxylation is 1. The van der Waals surface area contributed by atoms with Gasteiger partial charge in [0.05, 0.1) is 23.4 Å². The predicted molar refractivity (Wildman–Crippen MR) is 97.1 cm³/mol. The van der Waals surface area contributed by atoms with Gasteiger partial charge < -0.3 is 10.5 Å². The van der Waals surface area contributed by atoms with Crippen molar-refractivity contribution in [1.82, 2.24) is 0 Å². The van der Waals surface area contributed by atoms with Crippen molar-refractivity contribution < 1.29 is 19.1 Å². The number of benzene rings is 2. The van der Waals surface area contributed by atoms with Gasteiger partial charge in [-0.1, -0.05) is 24.3 Å². The summed E-state index contributed by atoms with van der Waals surface area (Å²) in [6.45, 7) is 3.82. The standard InChI is InChI=1S/C20H20N2O4/c1-3-26-20(25)16(21)11-13-7-9-14(10-8-13)22-18(23)15-6-4-5-12(2)17(15)19(22)24/h4-10,16H,3,11,21H2,1-2H3. The van der Waals surface area contributed by atoms with E-state index in [9.17, 15) is 14.4 Å². The molecule has 1 heterocycles. The van der Waals surface area contributed by atoms with Crippen molar-refractivity contribution in [2.45, 2.75) is 26.3 Å². The summed E-state index contributed by atoms with van der Waals surface area (Å²) in [5.74, 6) is -1.10. The lowest BCUT2D eigenvalue weighted by Crippen LogP contribution is -2.34. The summed E-state index contributed by atoms with van der Waals surface area (Å²) in [4.78, 5) is 38.1. The van der Waals surface area contributed by atoms with Crippen molar-refractivity contribution in [3.8, 4) is 0 Å². The van der Waals surface area contributed by atoms with E-state index in [1.807, 2.05) is 13.0 Å². The minimum Gasteiger partial charge on any atom is -0.465 e. The van der Waals surface area contributed by atoms with Crippen LogP contribution >= 0.6 is 0 Å². The van der Waals surface area contributed by atoms with Gasteiger partial charge in [0.1, 0.15) is 6.04 Å². The van der Waals surface area contributed by atoms with E-state index in [4.69, 9.17) is 10.5 Å². The maximum Gasteiger partial charge on any atom is 0.323 e. The largest absolute Gasteiger partial charge is 0.465 e. The van der Waals surface area contributed by atoms with Crippen LogP contribution in [-0.4, -0.2) is 30.4 Å². The third-order valence-electron chi connectivity index (χ3n) is 4.36. The van der Waals surface area contributed by atoms with E-state index in [2.05, 4.69) is 0 Å². The third kappa shape index (κ3) is 3.11. The fourth-order valence-electron chi connectivity index (χ4n) is 3.06. The zero-order valence-electron chi connectivity index (χ0n) is 14.7. The Morgan fingerprint density at radius 2 is 1.81 bits per heavy atom. The highest BCUT2D eigenvalue weighted by atomic mass is 16.5. The minimum atomic E-state index is -0.747. The van der Waals surface area contributed by atoms with Crippen LogP contribution in [0.25, 0.3) is 0 Å². The van der Waals surface area contributed by atoms with Gasteiger partial charge in [-0.15, -0.1) is 0 Å². The van der Waals surface area contributed by atoms with Gasteiger partial charge in [0, 0.05) is 0 Å². The first-order valence-corrected chi connectivity index (χ1v) is 8.43. The number of nitrogens with two attached hydrogens (primary N) is 1. The van der Waals surface area contributed by atoms with Crippen LogP contribution in [0.15, 0.2) is 42.5 Å². The van der Waals surface area contributed by atoms with Crippen molar-refractivity contribution in [2.24, 2.45) is 5.73 Å². The van der Waals surface area contributed by atoms with Gasteiger partial charge in [-0.25, -0.2) is 4.90 Å². The second-order valence-corrected chi connectivity index (χ2v) is 6.17. The Morgan fingerprint density at radius 1 is 1.12 bits per heavy atom. The second-order valence-electron chi connectivity index (χ2n) is 6.17. The number of esters is 1. The smallest absolute Gasteiger partial charge is 0.323 e. The van der Waals surface area contributed by atoms with E-state index in [-0.39, 0.29) is 18.4 Å². The summed E-state index contributed by atoms with van der Waals surface area (Å²) < 4.78 is 4.89. The summed E-state index contributed by atoms with van der Waals surface area (Å²) in [7, 11) is 0. The monoisotopic (exact) mass is 352 g/mol. The lowest BCUT2D eigenvalue weighted by molar-refractivity contribution is -0.144. The first-order chi connectivity index (χ1) is 12.4. The van der Waals surface area contributed by atoms with E-state index in [1.165, 1.54) is 4.90 Å². The van der Waals surface area contributed by atoms with Gasteiger partial charge in [-0.05, 0) is 49.6 Å². The molecule has 2 N–H and O–H groups in total. The number of carbonyl (C=O) groups excluding carboxylic acids is 3. The zero-order valence-corrected chi connectivity index (χ0v) is 14.7. The number of anilines is 1. The van der Waals surface area contributed by atoms with Crippen LogP contribution in [0, 0.1) is 6.92 Å². The Morgan fingerprint density at radius 3 is 2.42 bits per heavy atom. The Kier molecular flexibility index (Phi) is 4.86. The van der Waals surface area contributed by atoms with Crippen molar-refractivity contribution in [1.29, 1.82) is 0 Å². The van der Waals surface area contributed by atoms with E-state index in [1.54, 1.807) is 43.3 Å². The molecule has 2 amide bonds. The quantitative estimate of drug-likeness (QED) is 0.658. The molecule has 1 atom stereocenters. The number of rotatable bonds is 5. The normalized spacial score (nSPS) is 14.3. The number of imide groups is 1. The molecule has 2 aromatic rings. The molecule has 0 spiro atoms. The highest BCUT2D eigenvalue weighted by Crippen LogP contribution is 2.30. The molecule has 0 radical (unpaired) electrons. The number of hydrogen-bond acceptors (Lipinski definition) is 5. The molecule has 0 aromatic heterocycles. The molecular formula is C20H20N2O4. The fourth-order valence-corrected chi connectivity index (χ4v) is 3.06. The molecule has 1 aliphatic rings. The van der Waals surface area contributed by atoms with E-state index >= 15 is 0 Å². The molecule has 0 saturated heterocycles. The van der Waals surface area contributed by atoms with Crippen LogP contribution in [0.3, 0.4) is 0 Å². The van der Waals surface area contributed by atoms with Gasteiger partial charge in [0.2, 0.25) is 0 Å². The minimum absolute atomic E-state index is 0.282. The van der Waals surface area contributed by atoms with Crippen LogP contribution in [-0.2, 0) is 16.0 Å². The number of carbonyl (C=O) groups is 3. The topological polar surface area (TPSA) is 89.7 Å². The summed E-state index contributed by atoms with van der Waals surface area (Å²) in [5, 5.41) is 0. The van der Waals surface area contributed by atoms with E-state index in [0.29, 0.717) is 23.2 Å². The molecule has 134 valence electrons. The van der Waals surface area contributed by atoms with Gasteiger partial charge in [0.15, 0.2) is 0 Å². The number of amides is 2. The Labute approximate surface area is 151 Å². The summed E-state index contributed by atoms with van der Waals surface area (Å²) in [5.41, 5.74) is 8.78. The average Bonchev–Trinajstić information content (AvgIpc) is 2.88. The SMILES string of the molecule is CCOC(=O)C(N)Cc1ccc(N2C(=O)c3cccc(C)c3C2=O)cc1. The molecule has 0 fully saturated rings. The molecule has 0 saturated carbocycles. The van der Waals surface area contributed by atoms with Crippen LogP contribution in [0.1, 0.15) is 38.8 Å². The molecule has 2 aromatic carbocycles. The molecule has 1 unspecified atom stereocenters. The lowest BCUT2D eigenvalue weighted by atomic mass is 10.0. The Balaban J connectivity index is 1.80. The Hall–Kier alpha value is -2.99. The van der Waals surface area contributed by atoms with E-state index in [0.717, 1.165) is 11.1 Å². The third-order valence-corrected chi connectivity index (χ3v) is 4.36. The number of ether oxygens (including phenoxy) is 1. The first-order valence-electron chi connectivity index (χ1n) is 8.43. The van der Waals surface area contributed by atoms with Gasteiger partial charge in [0.25, 0.3) is 11.8 Å². The highest BCUT2D eigenvalue weighted by molar-refractivity contribution is 6.34. The number of fused-ring (bicyclic) bond motifs is 1. The summed E-state index contributed by atoms with van der Waals surface area (Å²) >= 11 is 0. The molecule has 6 heteroatoms.